The van der Waals surface area contributed by atoms with Crippen LogP contribution in [-0.4, -0.2) is 41.9 Å². The lowest BCUT2D eigenvalue weighted by molar-refractivity contribution is -0.140. The van der Waals surface area contributed by atoms with Gasteiger partial charge in [-0.2, -0.15) is 0 Å². The maximum atomic E-state index is 12.0. The Morgan fingerprint density at radius 1 is 1.35 bits per heavy atom. The summed E-state index contributed by atoms with van der Waals surface area (Å²) in [4.78, 5) is 23.2. The zero-order valence-electron chi connectivity index (χ0n) is 12.1. The van der Waals surface area contributed by atoms with Crippen molar-refractivity contribution < 1.29 is 19.4 Å². The third-order valence-corrected chi connectivity index (χ3v) is 4.30. The summed E-state index contributed by atoms with van der Waals surface area (Å²) in [6.07, 6.45) is 3.93. The second kappa shape index (κ2) is 6.43. The summed E-state index contributed by atoms with van der Waals surface area (Å²) in [7, 11) is 0. The van der Waals surface area contributed by atoms with E-state index in [4.69, 9.17) is 9.84 Å². The van der Waals surface area contributed by atoms with Gasteiger partial charge in [0.1, 0.15) is 6.04 Å². The van der Waals surface area contributed by atoms with Gasteiger partial charge in [-0.1, -0.05) is 20.3 Å². The lowest BCUT2D eigenvalue weighted by Crippen LogP contribution is -2.53. The van der Waals surface area contributed by atoms with Gasteiger partial charge in [-0.25, -0.2) is 9.59 Å². The molecule has 0 aromatic heterocycles. The van der Waals surface area contributed by atoms with E-state index in [1.54, 1.807) is 0 Å². The van der Waals surface area contributed by atoms with Crippen LogP contribution in [0.5, 0.6) is 0 Å². The number of ether oxygens (including phenoxy) is 1. The first-order valence-electron chi connectivity index (χ1n) is 7.44. The molecule has 2 rings (SSSR count). The Bertz CT molecular complexity index is 370. The maximum absolute atomic E-state index is 12.0. The van der Waals surface area contributed by atoms with Crippen LogP contribution in [0.2, 0.25) is 0 Å². The second-order valence-corrected chi connectivity index (χ2v) is 5.89. The van der Waals surface area contributed by atoms with Crippen LogP contribution in [-0.2, 0) is 9.53 Å². The van der Waals surface area contributed by atoms with Gasteiger partial charge in [-0.3, -0.25) is 0 Å². The van der Waals surface area contributed by atoms with E-state index >= 15 is 0 Å². The molecule has 1 heterocycles. The minimum atomic E-state index is -0.990. The number of carboxylic acid groups (broad SMARTS) is 1. The first kappa shape index (κ1) is 15.1. The van der Waals surface area contributed by atoms with Gasteiger partial charge in [0.2, 0.25) is 0 Å². The minimum absolute atomic E-state index is 0.00822. The van der Waals surface area contributed by atoms with E-state index in [0.717, 1.165) is 19.3 Å². The van der Waals surface area contributed by atoms with Crippen LogP contribution >= 0.6 is 0 Å². The summed E-state index contributed by atoms with van der Waals surface area (Å²) in [5.74, 6) is -0.527. The molecule has 1 aliphatic carbocycles. The SMILES string of the molecule is CC[C@H](C)[C@H](NC(=O)NC1CCOC1C1CC1)C(=O)O. The number of aliphatic carboxylic acids is 1. The molecule has 0 spiro atoms. The molecule has 3 N–H and O–H groups in total. The Labute approximate surface area is 119 Å². The van der Waals surface area contributed by atoms with Crippen LogP contribution in [0.25, 0.3) is 0 Å². The molecular formula is C14H24N2O4. The van der Waals surface area contributed by atoms with E-state index in [9.17, 15) is 9.59 Å². The maximum Gasteiger partial charge on any atom is 0.326 e. The van der Waals surface area contributed by atoms with E-state index in [1.165, 1.54) is 0 Å². The Kier molecular flexibility index (Phi) is 4.86. The van der Waals surface area contributed by atoms with Crippen molar-refractivity contribution in [1.29, 1.82) is 0 Å². The molecule has 6 nitrogen and oxygen atoms in total. The fourth-order valence-electron chi connectivity index (χ4n) is 2.69. The van der Waals surface area contributed by atoms with Crippen molar-refractivity contribution in [3.63, 3.8) is 0 Å². The molecule has 0 aromatic carbocycles. The van der Waals surface area contributed by atoms with E-state index in [-0.39, 0.29) is 18.1 Å². The third kappa shape index (κ3) is 3.62. The molecule has 0 bridgehead atoms. The van der Waals surface area contributed by atoms with Crippen molar-refractivity contribution in [2.75, 3.05) is 6.61 Å². The molecule has 0 aromatic rings. The summed E-state index contributed by atoms with van der Waals surface area (Å²) < 4.78 is 5.65. The van der Waals surface area contributed by atoms with Crippen LogP contribution in [0.15, 0.2) is 0 Å². The lowest BCUT2D eigenvalue weighted by Gasteiger charge is -2.24. The highest BCUT2D eigenvalue weighted by Crippen LogP contribution is 2.38. The predicted octanol–water partition coefficient (Wildman–Crippen LogP) is 1.35. The van der Waals surface area contributed by atoms with Gasteiger partial charge in [-0.05, 0) is 31.1 Å². The normalized spacial score (nSPS) is 28.7. The van der Waals surface area contributed by atoms with Gasteiger partial charge in [0.25, 0.3) is 0 Å². The standard InChI is InChI=1S/C14H24N2O4/c1-3-8(2)11(13(17)18)16-14(19)15-10-6-7-20-12(10)9-4-5-9/h8-12H,3-7H2,1-2H3,(H,17,18)(H2,15,16,19)/t8-,10?,11-,12?/m0/s1. The fourth-order valence-corrected chi connectivity index (χ4v) is 2.69. The average molecular weight is 284 g/mol. The molecule has 2 amide bonds. The highest BCUT2D eigenvalue weighted by molar-refractivity contribution is 5.82. The van der Waals surface area contributed by atoms with Gasteiger partial charge in [0, 0.05) is 6.61 Å². The van der Waals surface area contributed by atoms with Crippen molar-refractivity contribution in [3.8, 4) is 0 Å². The topological polar surface area (TPSA) is 87.7 Å². The van der Waals surface area contributed by atoms with Crippen LogP contribution in [0.1, 0.15) is 39.5 Å². The summed E-state index contributed by atoms with van der Waals surface area (Å²) in [5, 5.41) is 14.6. The number of carboxylic acids is 1. The Hall–Kier alpha value is -1.30. The molecule has 20 heavy (non-hydrogen) atoms. The smallest absolute Gasteiger partial charge is 0.326 e. The summed E-state index contributed by atoms with van der Waals surface area (Å²) in [6, 6.07) is -1.24. The predicted molar refractivity (Wildman–Crippen MR) is 73.4 cm³/mol. The van der Waals surface area contributed by atoms with Gasteiger partial charge in [0.15, 0.2) is 0 Å². The first-order valence-corrected chi connectivity index (χ1v) is 7.44. The monoisotopic (exact) mass is 284 g/mol. The van der Waals surface area contributed by atoms with Crippen molar-refractivity contribution in [2.45, 2.75) is 57.7 Å². The number of rotatable bonds is 6. The molecule has 6 heteroatoms. The molecule has 114 valence electrons. The molecule has 4 atom stereocenters. The molecule has 0 radical (unpaired) electrons. The highest BCUT2D eigenvalue weighted by Gasteiger charge is 2.41. The Morgan fingerprint density at radius 3 is 2.60 bits per heavy atom. The number of nitrogens with one attached hydrogen (secondary N) is 2. The van der Waals surface area contributed by atoms with Crippen LogP contribution < -0.4 is 10.6 Å². The molecule has 1 aliphatic heterocycles. The first-order chi connectivity index (χ1) is 9.52. The van der Waals surface area contributed by atoms with Gasteiger partial charge < -0.3 is 20.5 Å². The number of hydrogen-bond donors (Lipinski definition) is 3. The van der Waals surface area contributed by atoms with Crippen LogP contribution in [0.4, 0.5) is 4.79 Å². The molecular weight excluding hydrogens is 260 g/mol. The zero-order chi connectivity index (χ0) is 14.7. The van der Waals surface area contributed by atoms with Gasteiger partial charge >= 0.3 is 12.0 Å². The largest absolute Gasteiger partial charge is 0.480 e. The highest BCUT2D eigenvalue weighted by atomic mass is 16.5. The van der Waals surface area contributed by atoms with Crippen molar-refractivity contribution in [2.24, 2.45) is 11.8 Å². The third-order valence-electron chi connectivity index (χ3n) is 4.30. The Morgan fingerprint density at radius 2 is 2.05 bits per heavy atom. The van der Waals surface area contributed by atoms with Crippen molar-refractivity contribution in [1.82, 2.24) is 10.6 Å². The van der Waals surface area contributed by atoms with Crippen molar-refractivity contribution in [3.05, 3.63) is 0 Å². The van der Waals surface area contributed by atoms with Crippen LogP contribution in [0.3, 0.4) is 0 Å². The van der Waals surface area contributed by atoms with E-state index in [0.29, 0.717) is 18.9 Å². The number of carbonyl (C=O) groups excluding carboxylic acids is 1. The fraction of sp³-hybridized carbons (Fsp3) is 0.857. The van der Waals surface area contributed by atoms with E-state index in [1.807, 2.05) is 13.8 Å². The minimum Gasteiger partial charge on any atom is -0.480 e. The number of urea groups is 1. The number of carbonyl (C=O) groups is 2. The molecule has 1 saturated heterocycles. The summed E-state index contributed by atoms with van der Waals surface area (Å²) in [5.41, 5.74) is 0. The summed E-state index contributed by atoms with van der Waals surface area (Å²) in [6.45, 7) is 4.40. The van der Waals surface area contributed by atoms with E-state index < -0.39 is 18.0 Å². The van der Waals surface area contributed by atoms with Gasteiger partial charge in [0.05, 0.1) is 12.1 Å². The Balaban J connectivity index is 1.85. The molecule has 2 fully saturated rings. The number of hydrogen-bond acceptors (Lipinski definition) is 3. The summed E-state index contributed by atoms with van der Waals surface area (Å²) >= 11 is 0. The molecule has 2 unspecified atom stereocenters. The number of amides is 2. The quantitative estimate of drug-likeness (QED) is 0.687. The van der Waals surface area contributed by atoms with Gasteiger partial charge in [-0.15, -0.1) is 0 Å². The zero-order valence-corrected chi connectivity index (χ0v) is 12.1. The average Bonchev–Trinajstić information content (AvgIpc) is 3.15. The lowest BCUT2D eigenvalue weighted by atomic mass is 9.99. The van der Waals surface area contributed by atoms with E-state index in [2.05, 4.69) is 10.6 Å². The second-order valence-electron chi connectivity index (χ2n) is 5.89. The van der Waals surface area contributed by atoms with Crippen molar-refractivity contribution >= 4 is 12.0 Å². The molecule has 2 aliphatic rings. The van der Waals surface area contributed by atoms with Crippen LogP contribution in [0, 0.1) is 11.8 Å². The molecule has 1 saturated carbocycles.